The highest BCUT2D eigenvalue weighted by atomic mass is 16.5. The predicted molar refractivity (Wildman–Crippen MR) is 127 cm³/mol. The third-order valence-corrected chi connectivity index (χ3v) is 6.86. The largest absolute Gasteiger partial charge is 0.497 e. The van der Waals surface area contributed by atoms with E-state index in [0.29, 0.717) is 0 Å². The Balaban J connectivity index is 1.26. The first-order valence-electron chi connectivity index (χ1n) is 11.5. The normalized spacial score (nSPS) is 19.2. The zero-order valence-corrected chi connectivity index (χ0v) is 18.7. The summed E-state index contributed by atoms with van der Waals surface area (Å²) in [5.74, 6) is 0.959. The summed E-state index contributed by atoms with van der Waals surface area (Å²) in [5.41, 5.74) is 5.53. The minimum atomic E-state index is 0.959. The van der Waals surface area contributed by atoms with E-state index in [1.165, 1.54) is 59.1 Å². The lowest BCUT2D eigenvalue weighted by molar-refractivity contribution is -1.02. The van der Waals surface area contributed by atoms with Crippen molar-refractivity contribution in [3.05, 3.63) is 77.9 Å². The third-order valence-electron chi connectivity index (χ3n) is 6.86. The van der Waals surface area contributed by atoms with Crippen LogP contribution in [-0.2, 0) is 19.6 Å². The van der Waals surface area contributed by atoms with E-state index in [9.17, 15) is 0 Å². The van der Waals surface area contributed by atoms with Gasteiger partial charge in [-0.15, -0.1) is 0 Å². The maximum Gasteiger partial charge on any atom is 0.127 e. The number of para-hydroxylation sites is 1. The molecule has 1 aromatic heterocycles. The van der Waals surface area contributed by atoms with Gasteiger partial charge in [-0.25, -0.2) is 0 Å². The van der Waals surface area contributed by atoms with E-state index in [1.54, 1.807) is 16.9 Å². The predicted octanol–water partition coefficient (Wildman–Crippen LogP) is 2.31. The number of quaternary nitrogens is 2. The smallest absolute Gasteiger partial charge is 0.127 e. The van der Waals surface area contributed by atoms with Crippen LogP contribution in [0.2, 0.25) is 0 Å². The van der Waals surface area contributed by atoms with Gasteiger partial charge in [0.2, 0.25) is 0 Å². The third kappa shape index (κ3) is 4.06. The van der Waals surface area contributed by atoms with E-state index in [2.05, 4.69) is 72.2 Å². The number of ether oxygens (including phenoxy) is 1. The van der Waals surface area contributed by atoms with Gasteiger partial charge in [0, 0.05) is 39.5 Å². The van der Waals surface area contributed by atoms with Crippen LogP contribution < -0.4 is 14.5 Å². The zero-order valence-electron chi connectivity index (χ0n) is 18.7. The molecule has 3 aromatic carbocycles. The molecule has 0 saturated carbocycles. The van der Waals surface area contributed by atoms with Crippen molar-refractivity contribution < 1.29 is 14.5 Å². The number of hydrogen-bond acceptors (Lipinski definition) is 1. The highest BCUT2D eigenvalue weighted by Crippen LogP contribution is 2.29. The Morgan fingerprint density at radius 2 is 1.42 bits per heavy atom. The quantitative estimate of drug-likeness (QED) is 0.496. The van der Waals surface area contributed by atoms with Gasteiger partial charge in [-0.1, -0.05) is 36.4 Å². The van der Waals surface area contributed by atoms with Crippen LogP contribution in [-0.4, -0.2) is 37.9 Å². The monoisotopic (exact) mass is 415 g/mol. The van der Waals surface area contributed by atoms with E-state index >= 15 is 0 Å². The Kier molecular flexibility index (Phi) is 5.66. The molecule has 5 rings (SSSR count). The summed E-state index contributed by atoms with van der Waals surface area (Å²) in [4.78, 5) is 3.38. The molecule has 1 aliphatic rings. The molecular weight excluding hydrogens is 382 g/mol. The van der Waals surface area contributed by atoms with Crippen molar-refractivity contribution in [2.24, 2.45) is 0 Å². The number of aromatic nitrogens is 1. The van der Waals surface area contributed by atoms with Gasteiger partial charge in [-0.05, 0) is 37.3 Å². The van der Waals surface area contributed by atoms with Crippen molar-refractivity contribution in [3.8, 4) is 5.75 Å². The molecule has 0 spiro atoms. The summed E-state index contributed by atoms with van der Waals surface area (Å²) >= 11 is 0. The second-order valence-corrected chi connectivity index (χ2v) is 8.82. The molecule has 31 heavy (non-hydrogen) atoms. The van der Waals surface area contributed by atoms with Crippen molar-refractivity contribution >= 4 is 21.8 Å². The fourth-order valence-electron chi connectivity index (χ4n) is 5.22. The van der Waals surface area contributed by atoms with Crippen LogP contribution in [0.15, 0.2) is 66.7 Å². The Morgan fingerprint density at radius 3 is 2.13 bits per heavy atom. The van der Waals surface area contributed by atoms with Gasteiger partial charge in [-0.2, -0.15) is 0 Å². The molecule has 4 aromatic rings. The zero-order chi connectivity index (χ0) is 21.2. The first-order valence-corrected chi connectivity index (χ1v) is 11.5. The van der Waals surface area contributed by atoms with Gasteiger partial charge in [-0.3, -0.25) is 0 Å². The van der Waals surface area contributed by atoms with Gasteiger partial charge in [0.1, 0.15) is 45.0 Å². The summed E-state index contributed by atoms with van der Waals surface area (Å²) in [5, 5.41) is 2.78. The van der Waals surface area contributed by atoms with Crippen LogP contribution in [0.25, 0.3) is 21.8 Å². The summed E-state index contributed by atoms with van der Waals surface area (Å²) in [6.07, 6.45) is 0. The van der Waals surface area contributed by atoms with E-state index in [4.69, 9.17) is 4.74 Å². The molecule has 0 atom stereocenters. The number of benzene rings is 3. The lowest BCUT2D eigenvalue weighted by Gasteiger charge is -2.30. The van der Waals surface area contributed by atoms with E-state index < -0.39 is 0 Å². The topological polar surface area (TPSA) is 23.0 Å². The van der Waals surface area contributed by atoms with E-state index in [0.717, 1.165) is 25.4 Å². The lowest BCUT2D eigenvalue weighted by atomic mass is 10.1. The van der Waals surface area contributed by atoms with Crippen molar-refractivity contribution in [1.29, 1.82) is 0 Å². The van der Waals surface area contributed by atoms with Gasteiger partial charge in [0.25, 0.3) is 0 Å². The molecular formula is C27H33N3O+2. The highest BCUT2D eigenvalue weighted by molar-refractivity contribution is 6.08. The number of hydrogen-bond donors (Lipinski definition) is 2. The first-order chi connectivity index (χ1) is 15.2. The summed E-state index contributed by atoms with van der Waals surface area (Å²) < 4.78 is 7.81. The first kappa shape index (κ1) is 20.1. The second kappa shape index (κ2) is 8.74. The SMILES string of the molecule is CCn1c2ccccc2c2cc(C[NH+]3CC[NH+](Cc4cccc(OC)c4)CC3)ccc21. The molecule has 0 radical (unpaired) electrons. The number of nitrogens with zero attached hydrogens (tertiary/aromatic N) is 1. The fraction of sp³-hybridized carbons (Fsp3) is 0.333. The molecule has 0 unspecified atom stereocenters. The minimum Gasteiger partial charge on any atom is -0.497 e. The number of methoxy groups -OCH3 is 1. The maximum absolute atomic E-state index is 5.38. The van der Waals surface area contributed by atoms with Gasteiger partial charge < -0.3 is 19.1 Å². The van der Waals surface area contributed by atoms with Crippen LogP contribution in [0.5, 0.6) is 5.75 Å². The van der Waals surface area contributed by atoms with Crippen molar-refractivity contribution in [3.63, 3.8) is 0 Å². The molecule has 0 aliphatic carbocycles. The number of aryl methyl sites for hydroxylation is 1. The molecule has 4 heteroatoms. The second-order valence-electron chi connectivity index (χ2n) is 8.82. The average molecular weight is 416 g/mol. The van der Waals surface area contributed by atoms with Crippen LogP contribution >= 0.6 is 0 Å². The van der Waals surface area contributed by atoms with Gasteiger partial charge in [0.15, 0.2) is 0 Å². The van der Waals surface area contributed by atoms with Crippen LogP contribution in [0.3, 0.4) is 0 Å². The summed E-state index contributed by atoms with van der Waals surface area (Å²) in [6, 6.07) is 24.4. The van der Waals surface area contributed by atoms with Crippen molar-refractivity contribution in [2.75, 3.05) is 33.3 Å². The van der Waals surface area contributed by atoms with Gasteiger partial charge in [0.05, 0.1) is 7.11 Å². The molecule has 0 bridgehead atoms. The maximum atomic E-state index is 5.38. The fourth-order valence-corrected chi connectivity index (χ4v) is 5.22. The highest BCUT2D eigenvalue weighted by Gasteiger charge is 2.23. The number of fused-ring (bicyclic) bond motifs is 3. The Hall–Kier alpha value is -2.82. The molecule has 4 nitrogen and oxygen atoms in total. The standard InChI is InChI=1S/C27H31N3O/c1-3-30-26-10-5-4-9-24(26)25-18-22(11-12-27(25)30)20-29-15-13-28(14-16-29)19-21-7-6-8-23(17-21)31-2/h4-12,17-18H,3,13-16,19-20H2,1-2H3/p+2. The molecule has 2 N–H and O–H groups in total. The van der Waals surface area contributed by atoms with Gasteiger partial charge >= 0.3 is 0 Å². The number of nitrogens with one attached hydrogen (secondary N) is 2. The molecule has 1 fully saturated rings. The average Bonchev–Trinajstić information content (AvgIpc) is 3.13. The molecule has 160 valence electrons. The lowest BCUT2D eigenvalue weighted by Crippen LogP contribution is -3.27. The molecule has 0 amide bonds. The summed E-state index contributed by atoms with van der Waals surface area (Å²) in [7, 11) is 1.74. The Morgan fingerprint density at radius 1 is 0.742 bits per heavy atom. The van der Waals surface area contributed by atoms with E-state index in [1.807, 2.05) is 6.07 Å². The minimum absolute atomic E-state index is 0.959. The molecule has 1 aliphatic heterocycles. The Bertz CT molecular complexity index is 1190. The number of piperazine rings is 1. The Labute approximate surface area is 184 Å². The van der Waals surface area contributed by atoms with Crippen LogP contribution in [0, 0.1) is 0 Å². The number of rotatable bonds is 6. The molecule has 2 heterocycles. The van der Waals surface area contributed by atoms with Crippen LogP contribution in [0.4, 0.5) is 0 Å². The van der Waals surface area contributed by atoms with Crippen molar-refractivity contribution in [1.82, 2.24) is 4.57 Å². The van der Waals surface area contributed by atoms with E-state index in [-0.39, 0.29) is 0 Å². The summed E-state index contributed by atoms with van der Waals surface area (Å²) in [6.45, 7) is 10.4. The molecule has 1 saturated heterocycles. The van der Waals surface area contributed by atoms with Crippen LogP contribution in [0.1, 0.15) is 18.1 Å². The van der Waals surface area contributed by atoms with Crippen molar-refractivity contribution in [2.45, 2.75) is 26.6 Å².